The van der Waals surface area contributed by atoms with E-state index in [4.69, 9.17) is 5.73 Å². The van der Waals surface area contributed by atoms with Crippen LogP contribution in [0, 0.1) is 0 Å². The molecule has 1 atom stereocenters. The van der Waals surface area contributed by atoms with Crippen molar-refractivity contribution < 1.29 is 14.3 Å². The number of hydrogen-bond donors (Lipinski definition) is 3. The lowest BCUT2D eigenvalue weighted by Gasteiger charge is -2.16. The predicted molar refractivity (Wildman–Crippen MR) is 99.6 cm³/mol. The lowest BCUT2D eigenvalue weighted by atomic mass is 10.00. The van der Waals surface area contributed by atoms with Crippen molar-refractivity contribution in [2.75, 3.05) is 17.7 Å². The van der Waals surface area contributed by atoms with E-state index in [1.807, 2.05) is 24.3 Å². The number of ether oxygens (including phenoxy) is 1. The Bertz CT molecular complexity index is 864. The van der Waals surface area contributed by atoms with Crippen LogP contribution in [-0.4, -0.2) is 24.1 Å². The number of rotatable bonds is 1. The molecule has 2 aromatic rings. The maximum Gasteiger partial charge on any atom is 0.411 e. The maximum atomic E-state index is 12.2. The van der Waals surface area contributed by atoms with E-state index in [2.05, 4.69) is 20.4 Å². The van der Waals surface area contributed by atoms with Gasteiger partial charge in [0.2, 0.25) is 5.91 Å². The van der Waals surface area contributed by atoms with E-state index in [0.717, 1.165) is 16.8 Å². The molecule has 0 fully saturated rings. The number of benzene rings is 1. The average molecular weight is 352 g/mol. The first-order chi connectivity index (χ1) is 12.6. The van der Waals surface area contributed by atoms with Crippen LogP contribution in [0.3, 0.4) is 0 Å². The molecule has 0 radical (unpaired) electrons. The van der Waals surface area contributed by atoms with Gasteiger partial charge in [0.1, 0.15) is 0 Å². The third-order valence-corrected chi connectivity index (χ3v) is 4.06. The molecule has 1 aromatic carbocycles. The van der Waals surface area contributed by atoms with E-state index < -0.39 is 6.09 Å². The van der Waals surface area contributed by atoms with Crippen molar-refractivity contribution in [1.29, 1.82) is 0 Å². The molecular weight excluding hydrogens is 332 g/mol. The molecule has 1 aliphatic heterocycles. The topological polar surface area (TPSA) is 106 Å². The molecule has 2 amide bonds. The molecule has 2 bridgehead atoms. The summed E-state index contributed by atoms with van der Waals surface area (Å²) in [7, 11) is 1.29. The minimum atomic E-state index is -0.579. The van der Waals surface area contributed by atoms with Gasteiger partial charge < -0.3 is 15.8 Å². The van der Waals surface area contributed by atoms with Crippen molar-refractivity contribution >= 4 is 23.4 Å². The molecule has 26 heavy (non-hydrogen) atoms. The van der Waals surface area contributed by atoms with Gasteiger partial charge in [-0.1, -0.05) is 18.2 Å². The SMILES string of the molecule is COC(=O)Nc1ccc2c(c1)NC(=O)C/C=C/C[C@H](N)c1cc-2ccn1. The summed E-state index contributed by atoms with van der Waals surface area (Å²) >= 11 is 0. The second-order valence-corrected chi connectivity index (χ2v) is 5.91. The fourth-order valence-corrected chi connectivity index (χ4v) is 2.72. The Morgan fingerprint density at radius 1 is 1.31 bits per heavy atom. The Hall–Kier alpha value is -3.19. The minimum absolute atomic E-state index is 0.152. The molecule has 0 aliphatic carbocycles. The second kappa shape index (κ2) is 7.79. The quantitative estimate of drug-likeness (QED) is 0.683. The number of carbonyl (C=O) groups excluding carboxylic acids is 2. The van der Waals surface area contributed by atoms with Crippen molar-refractivity contribution in [2.24, 2.45) is 5.73 Å². The number of nitrogens with zero attached hydrogens (tertiary/aromatic N) is 1. The van der Waals surface area contributed by atoms with Gasteiger partial charge in [0.15, 0.2) is 0 Å². The zero-order valence-corrected chi connectivity index (χ0v) is 14.4. The highest BCUT2D eigenvalue weighted by Crippen LogP contribution is 2.32. The third kappa shape index (κ3) is 4.07. The summed E-state index contributed by atoms with van der Waals surface area (Å²) in [5.74, 6) is -0.152. The number of nitrogens with two attached hydrogens (primary N) is 1. The third-order valence-electron chi connectivity index (χ3n) is 4.06. The smallest absolute Gasteiger partial charge is 0.411 e. The molecule has 0 saturated carbocycles. The van der Waals surface area contributed by atoms with Crippen molar-refractivity contribution in [1.82, 2.24) is 4.98 Å². The Labute approximate surface area is 151 Å². The molecule has 7 heteroatoms. The molecule has 0 spiro atoms. The van der Waals surface area contributed by atoms with Gasteiger partial charge in [-0.2, -0.15) is 0 Å². The average Bonchev–Trinajstić information content (AvgIpc) is 2.64. The first-order valence-corrected chi connectivity index (χ1v) is 8.22. The van der Waals surface area contributed by atoms with Crippen LogP contribution in [0.5, 0.6) is 0 Å². The van der Waals surface area contributed by atoms with E-state index in [0.29, 0.717) is 17.8 Å². The van der Waals surface area contributed by atoms with Crippen LogP contribution in [0.4, 0.5) is 16.2 Å². The molecule has 1 aliphatic rings. The number of nitrogens with one attached hydrogen (secondary N) is 2. The fraction of sp³-hybridized carbons (Fsp3) is 0.211. The molecule has 1 aromatic heterocycles. The summed E-state index contributed by atoms with van der Waals surface area (Å²) in [6.45, 7) is 0. The van der Waals surface area contributed by atoms with Crippen molar-refractivity contribution in [2.45, 2.75) is 18.9 Å². The zero-order chi connectivity index (χ0) is 18.5. The lowest BCUT2D eigenvalue weighted by molar-refractivity contribution is -0.115. The number of carbonyl (C=O) groups is 2. The highest BCUT2D eigenvalue weighted by atomic mass is 16.5. The summed E-state index contributed by atoms with van der Waals surface area (Å²) in [5.41, 5.74) is 9.77. The van der Waals surface area contributed by atoms with Crippen molar-refractivity contribution in [3.05, 3.63) is 54.4 Å². The van der Waals surface area contributed by atoms with Crippen molar-refractivity contribution in [3.8, 4) is 11.1 Å². The van der Waals surface area contributed by atoms with Crippen LogP contribution in [0.15, 0.2) is 48.7 Å². The zero-order valence-electron chi connectivity index (χ0n) is 14.4. The van der Waals surface area contributed by atoms with E-state index in [-0.39, 0.29) is 18.4 Å². The maximum absolute atomic E-state index is 12.2. The van der Waals surface area contributed by atoms with E-state index in [9.17, 15) is 9.59 Å². The van der Waals surface area contributed by atoms with Gasteiger partial charge in [-0.05, 0) is 36.2 Å². The van der Waals surface area contributed by atoms with Gasteiger partial charge in [0.05, 0.1) is 24.5 Å². The standard InChI is InChI=1S/C19H20N4O3/c1-26-19(25)22-13-6-7-14-12-8-9-21-17(10-12)15(20)4-2-3-5-18(24)23-16(14)11-13/h2-3,6-11,15H,4-5,20H2,1H3,(H,22,25)(H,23,24)/b3-2+/t15-/m0/s1. The monoisotopic (exact) mass is 352 g/mol. The molecule has 134 valence electrons. The summed E-state index contributed by atoms with van der Waals surface area (Å²) in [6.07, 6.45) is 5.64. The number of pyridine rings is 1. The number of methoxy groups -OCH3 is 1. The normalized spacial score (nSPS) is 17.8. The highest BCUT2D eigenvalue weighted by Gasteiger charge is 2.14. The van der Waals surface area contributed by atoms with Crippen LogP contribution in [0.1, 0.15) is 24.6 Å². The molecular formula is C19H20N4O3. The molecule has 4 N–H and O–H groups in total. The molecule has 3 rings (SSSR count). The summed E-state index contributed by atoms with van der Waals surface area (Å²) in [4.78, 5) is 28.0. The van der Waals surface area contributed by atoms with E-state index >= 15 is 0 Å². The number of amides is 2. The highest BCUT2D eigenvalue weighted by molar-refractivity contribution is 5.98. The first kappa shape index (κ1) is 17.6. The lowest BCUT2D eigenvalue weighted by Crippen LogP contribution is -2.15. The van der Waals surface area contributed by atoms with Gasteiger partial charge in [-0.15, -0.1) is 0 Å². The summed E-state index contributed by atoms with van der Waals surface area (Å²) < 4.78 is 4.61. The van der Waals surface area contributed by atoms with Crippen LogP contribution >= 0.6 is 0 Å². The number of hydrogen-bond acceptors (Lipinski definition) is 5. The van der Waals surface area contributed by atoms with Gasteiger partial charge in [0.25, 0.3) is 0 Å². The predicted octanol–water partition coefficient (Wildman–Crippen LogP) is 3.22. The number of aromatic nitrogens is 1. The van der Waals surface area contributed by atoms with E-state index in [1.54, 1.807) is 24.4 Å². The van der Waals surface area contributed by atoms with Crippen LogP contribution < -0.4 is 16.4 Å². The number of anilines is 2. The minimum Gasteiger partial charge on any atom is -0.453 e. The molecule has 0 unspecified atom stereocenters. The summed E-state index contributed by atoms with van der Waals surface area (Å²) in [5, 5.41) is 5.49. The molecule has 7 nitrogen and oxygen atoms in total. The Kier molecular flexibility index (Phi) is 5.28. The fourth-order valence-electron chi connectivity index (χ4n) is 2.72. The molecule has 2 heterocycles. The van der Waals surface area contributed by atoms with Gasteiger partial charge in [-0.25, -0.2) is 4.79 Å². The van der Waals surface area contributed by atoms with Crippen LogP contribution in [-0.2, 0) is 9.53 Å². The van der Waals surface area contributed by atoms with Gasteiger partial charge in [0, 0.05) is 23.9 Å². The Balaban J connectivity index is 2.07. The van der Waals surface area contributed by atoms with Gasteiger partial charge >= 0.3 is 6.09 Å². The second-order valence-electron chi connectivity index (χ2n) is 5.91. The van der Waals surface area contributed by atoms with Gasteiger partial charge in [-0.3, -0.25) is 15.1 Å². The summed E-state index contributed by atoms with van der Waals surface area (Å²) in [6, 6.07) is 8.80. The largest absolute Gasteiger partial charge is 0.453 e. The Morgan fingerprint density at radius 2 is 2.15 bits per heavy atom. The number of fused-ring (bicyclic) bond motifs is 4. The van der Waals surface area contributed by atoms with Crippen LogP contribution in [0.25, 0.3) is 11.1 Å². The van der Waals surface area contributed by atoms with E-state index in [1.165, 1.54) is 7.11 Å². The molecule has 0 saturated heterocycles. The van der Waals surface area contributed by atoms with Crippen molar-refractivity contribution in [3.63, 3.8) is 0 Å². The first-order valence-electron chi connectivity index (χ1n) is 8.22. The van der Waals surface area contributed by atoms with Crippen LogP contribution in [0.2, 0.25) is 0 Å². The Morgan fingerprint density at radius 3 is 2.96 bits per heavy atom.